The monoisotopic (exact) mass is 350 g/mol. The molecule has 0 aliphatic heterocycles. The van der Waals surface area contributed by atoms with E-state index in [9.17, 15) is 0 Å². The van der Waals surface area contributed by atoms with Crippen LogP contribution in [0, 0.1) is 5.92 Å². The van der Waals surface area contributed by atoms with Crippen molar-refractivity contribution in [2.75, 3.05) is 13.6 Å². The van der Waals surface area contributed by atoms with E-state index in [0.29, 0.717) is 11.8 Å². The van der Waals surface area contributed by atoms with Gasteiger partial charge in [0.2, 0.25) is 0 Å². The van der Waals surface area contributed by atoms with Gasteiger partial charge < -0.3 is 5.32 Å². The molecule has 0 fully saturated rings. The Labute approximate surface area is 135 Å². The molecule has 0 amide bonds. The van der Waals surface area contributed by atoms with E-state index in [4.69, 9.17) is 0 Å². The third-order valence-electron chi connectivity index (χ3n) is 3.45. The second kappa shape index (κ2) is 7.71. The summed E-state index contributed by atoms with van der Waals surface area (Å²) in [7, 11) is 1.99. The molecule has 1 aromatic carbocycles. The molecule has 21 heavy (non-hydrogen) atoms. The van der Waals surface area contributed by atoms with Crippen LogP contribution in [0.2, 0.25) is 0 Å². The Morgan fingerprint density at radius 1 is 1.24 bits per heavy atom. The van der Waals surface area contributed by atoms with E-state index in [1.807, 2.05) is 11.7 Å². The molecule has 0 radical (unpaired) electrons. The number of halogens is 1. The maximum atomic E-state index is 4.45. The number of nitrogens with zero attached hydrogens (tertiary/aromatic N) is 3. The Kier molecular flexibility index (Phi) is 5.94. The third-order valence-corrected chi connectivity index (χ3v) is 3.98. The summed E-state index contributed by atoms with van der Waals surface area (Å²) in [6.07, 6.45) is 2.56. The highest BCUT2D eigenvalue weighted by molar-refractivity contribution is 9.10. The summed E-state index contributed by atoms with van der Waals surface area (Å²) in [4.78, 5) is 4.45. The molecule has 0 saturated carbocycles. The van der Waals surface area contributed by atoms with Crippen molar-refractivity contribution in [3.63, 3.8) is 0 Å². The van der Waals surface area contributed by atoms with Crippen LogP contribution in [0.15, 0.2) is 35.1 Å². The predicted molar refractivity (Wildman–Crippen MR) is 89.4 cm³/mol. The molecule has 2 rings (SSSR count). The molecule has 5 heteroatoms. The van der Waals surface area contributed by atoms with Crippen LogP contribution in [-0.2, 0) is 13.0 Å². The Hall–Kier alpha value is -1.20. The van der Waals surface area contributed by atoms with Gasteiger partial charge in [0.1, 0.15) is 12.2 Å². The Bertz CT molecular complexity index is 548. The summed E-state index contributed by atoms with van der Waals surface area (Å²) in [5.41, 5.74) is 1.33. The summed E-state index contributed by atoms with van der Waals surface area (Å²) in [6.45, 7) is 6.24. The van der Waals surface area contributed by atoms with E-state index in [-0.39, 0.29) is 0 Å². The van der Waals surface area contributed by atoms with Crippen molar-refractivity contribution in [1.29, 1.82) is 0 Å². The molecule has 1 aromatic heterocycles. The summed E-state index contributed by atoms with van der Waals surface area (Å²) < 4.78 is 3.14. The Morgan fingerprint density at radius 2 is 1.95 bits per heavy atom. The topological polar surface area (TPSA) is 42.7 Å². The Morgan fingerprint density at radius 3 is 2.57 bits per heavy atom. The normalized spacial score (nSPS) is 12.8. The number of nitrogens with one attached hydrogen (secondary N) is 1. The summed E-state index contributed by atoms with van der Waals surface area (Å²) in [5, 5.41) is 7.64. The Balaban J connectivity index is 2.16. The standard InChI is InChI=1S/C16H23BrN4/c1-12(2)10-21-16(19-11-20-21)8-14(9-18-3)13-4-6-15(17)7-5-13/h4-7,11-12,14,18H,8-10H2,1-3H3. The van der Waals surface area contributed by atoms with Gasteiger partial charge in [0.15, 0.2) is 0 Å². The second-order valence-corrected chi connectivity index (χ2v) is 6.68. The van der Waals surface area contributed by atoms with Crippen molar-refractivity contribution in [3.05, 3.63) is 46.5 Å². The molecular formula is C16H23BrN4. The molecular weight excluding hydrogens is 328 g/mol. The van der Waals surface area contributed by atoms with Gasteiger partial charge in [0.05, 0.1) is 0 Å². The van der Waals surface area contributed by atoms with Crippen LogP contribution in [0.25, 0.3) is 0 Å². The SMILES string of the molecule is CNCC(Cc1ncnn1CC(C)C)c1ccc(Br)cc1. The highest BCUT2D eigenvalue weighted by Crippen LogP contribution is 2.22. The van der Waals surface area contributed by atoms with Gasteiger partial charge in [0, 0.05) is 29.9 Å². The number of likely N-dealkylation sites (N-methyl/N-ethyl adjacent to an activating group) is 1. The van der Waals surface area contributed by atoms with E-state index in [2.05, 4.69) is 69.4 Å². The van der Waals surface area contributed by atoms with Crippen molar-refractivity contribution in [3.8, 4) is 0 Å². The molecule has 2 aromatic rings. The minimum Gasteiger partial charge on any atom is -0.319 e. The number of rotatable bonds is 7. The molecule has 0 saturated heterocycles. The zero-order valence-electron chi connectivity index (χ0n) is 12.9. The lowest BCUT2D eigenvalue weighted by Gasteiger charge is -2.18. The molecule has 1 unspecified atom stereocenters. The van der Waals surface area contributed by atoms with Crippen molar-refractivity contribution in [2.45, 2.75) is 32.7 Å². The van der Waals surface area contributed by atoms with Gasteiger partial charge >= 0.3 is 0 Å². The fourth-order valence-electron chi connectivity index (χ4n) is 2.45. The van der Waals surface area contributed by atoms with Crippen molar-refractivity contribution in [2.24, 2.45) is 5.92 Å². The second-order valence-electron chi connectivity index (χ2n) is 5.76. The van der Waals surface area contributed by atoms with Gasteiger partial charge in [-0.3, -0.25) is 0 Å². The summed E-state index contributed by atoms with van der Waals surface area (Å²) >= 11 is 3.49. The molecule has 1 N–H and O–H groups in total. The van der Waals surface area contributed by atoms with E-state index < -0.39 is 0 Å². The van der Waals surface area contributed by atoms with Gasteiger partial charge in [-0.15, -0.1) is 0 Å². The summed E-state index contributed by atoms with van der Waals surface area (Å²) in [6, 6.07) is 8.54. The van der Waals surface area contributed by atoms with E-state index in [1.54, 1.807) is 6.33 Å². The van der Waals surface area contributed by atoms with Crippen LogP contribution in [-0.4, -0.2) is 28.4 Å². The van der Waals surface area contributed by atoms with Crippen LogP contribution in [0.3, 0.4) is 0 Å². The van der Waals surface area contributed by atoms with E-state index in [1.165, 1.54) is 5.56 Å². The lowest BCUT2D eigenvalue weighted by molar-refractivity contribution is 0.456. The summed E-state index contributed by atoms with van der Waals surface area (Å²) in [5.74, 6) is 2.03. The molecule has 1 atom stereocenters. The molecule has 0 aliphatic rings. The predicted octanol–water partition coefficient (Wildman–Crippen LogP) is 3.24. The van der Waals surface area contributed by atoms with Crippen LogP contribution in [0.1, 0.15) is 31.2 Å². The van der Waals surface area contributed by atoms with Gasteiger partial charge in [-0.1, -0.05) is 41.9 Å². The lowest BCUT2D eigenvalue weighted by atomic mass is 9.95. The first-order chi connectivity index (χ1) is 10.1. The molecule has 1 heterocycles. The molecule has 114 valence electrons. The van der Waals surface area contributed by atoms with E-state index >= 15 is 0 Å². The quantitative estimate of drug-likeness (QED) is 0.833. The van der Waals surface area contributed by atoms with Gasteiger partial charge in [-0.05, 0) is 30.7 Å². The highest BCUT2D eigenvalue weighted by Gasteiger charge is 2.16. The zero-order valence-corrected chi connectivity index (χ0v) is 14.5. The molecule has 0 spiro atoms. The fraction of sp³-hybridized carbons (Fsp3) is 0.500. The van der Waals surface area contributed by atoms with Gasteiger partial charge in [-0.25, -0.2) is 9.67 Å². The number of hydrogen-bond acceptors (Lipinski definition) is 3. The van der Waals surface area contributed by atoms with Gasteiger partial charge in [-0.2, -0.15) is 5.10 Å². The van der Waals surface area contributed by atoms with Crippen LogP contribution in [0.5, 0.6) is 0 Å². The number of hydrogen-bond donors (Lipinski definition) is 1. The minimum atomic E-state index is 0.401. The van der Waals surface area contributed by atoms with Gasteiger partial charge in [0.25, 0.3) is 0 Å². The molecule has 0 aliphatic carbocycles. The first-order valence-electron chi connectivity index (χ1n) is 7.37. The fourth-order valence-corrected chi connectivity index (χ4v) is 2.72. The van der Waals surface area contributed by atoms with Crippen molar-refractivity contribution in [1.82, 2.24) is 20.1 Å². The van der Waals surface area contributed by atoms with Crippen LogP contribution >= 0.6 is 15.9 Å². The van der Waals surface area contributed by atoms with E-state index in [0.717, 1.165) is 29.8 Å². The lowest BCUT2D eigenvalue weighted by Crippen LogP contribution is -2.21. The first-order valence-corrected chi connectivity index (χ1v) is 8.16. The zero-order chi connectivity index (χ0) is 15.2. The highest BCUT2D eigenvalue weighted by atomic mass is 79.9. The number of aromatic nitrogens is 3. The van der Waals surface area contributed by atoms with Crippen LogP contribution < -0.4 is 5.32 Å². The number of benzene rings is 1. The van der Waals surface area contributed by atoms with Crippen LogP contribution in [0.4, 0.5) is 0 Å². The third kappa shape index (κ3) is 4.64. The minimum absolute atomic E-state index is 0.401. The first kappa shape index (κ1) is 16.2. The average molecular weight is 351 g/mol. The van der Waals surface area contributed by atoms with Crippen molar-refractivity contribution >= 4 is 15.9 Å². The smallest absolute Gasteiger partial charge is 0.138 e. The van der Waals surface area contributed by atoms with Crippen molar-refractivity contribution < 1.29 is 0 Å². The maximum absolute atomic E-state index is 4.45. The molecule has 4 nitrogen and oxygen atoms in total. The average Bonchev–Trinajstić information content (AvgIpc) is 2.86. The molecule has 0 bridgehead atoms. The maximum Gasteiger partial charge on any atom is 0.138 e. The largest absolute Gasteiger partial charge is 0.319 e.